The quantitative estimate of drug-likeness (QED) is 0.802. The predicted molar refractivity (Wildman–Crippen MR) is 98.5 cm³/mol. The van der Waals surface area contributed by atoms with E-state index in [1.54, 1.807) is 4.68 Å². The molecule has 0 spiro atoms. The average Bonchev–Trinajstić information content (AvgIpc) is 2.83. The van der Waals surface area contributed by atoms with Gasteiger partial charge < -0.3 is 16.4 Å². The second kappa shape index (κ2) is 6.95. The minimum absolute atomic E-state index is 0.255. The third-order valence-electron chi connectivity index (χ3n) is 3.54. The van der Waals surface area contributed by atoms with E-state index in [2.05, 4.69) is 15.7 Å². The van der Waals surface area contributed by atoms with Gasteiger partial charge in [0.1, 0.15) is 5.69 Å². The Morgan fingerprint density at radius 1 is 1.25 bits per heavy atom. The highest BCUT2D eigenvalue weighted by atomic mass is 16.2. The van der Waals surface area contributed by atoms with Gasteiger partial charge in [0.15, 0.2) is 5.82 Å². The molecule has 1 aromatic carbocycles. The fourth-order valence-electron chi connectivity index (χ4n) is 2.30. The normalized spacial score (nSPS) is 11.6. The van der Waals surface area contributed by atoms with Gasteiger partial charge in [-0.05, 0) is 18.1 Å². The largest absolute Gasteiger partial charge is 0.382 e. The van der Waals surface area contributed by atoms with Gasteiger partial charge in [0.05, 0.1) is 11.4 Å². The summed E-state index contributed by atoms with van der Waals surface area (Å²) in [5, 5.41) is 10.4. The molecule has 2 aromatic rings. The Hall–Kier alpha value is -2.50. The lowest BCUT2D eigenvalue weighted by Gasteiger charge is -2.18. The van der Waals surface area contributed by atoms with Crippen LogP contribution in [0.1, 0.15) is 40.3 Å². The summed E-state index contributed by atoms with van der Waals surface area (Å²) >= 11 is 0. The Morgan fingerprint density at radius 3 is 2.42 bits per heavy atom. The van der Waals surface area contributed by atoms with E-state index in [9.17, 15) is 4.79 Å². The van der Waals surface area contributed by atoms with Crippen LogP contribution < -0.4 is 16.4 Å². The van der Waals surface area contributed by atoms with Crippen molar-refractivity contribution in [3.05, 3.63) is 36.0 Å². The first-order chi connectivity index (χ1) is 11.2. The average molecular weight is 329 g/mol. The number of rotatable bonds is 4. The van der Waals surface area contributed by atoms with E-state index in [1.165, 1.54) is 0 Å². The second-order valence-electron chi connectivity index (χ2n) is 7.34. The number of carbonyl (C=O) groups excluding carboxylic acids is 1. The molecule has 24 heavy (non-hydrogen) atoms. The van der Waals surface area contributed by atoms with Gasteiger partial charge in [-0.2, -0.15) is 5.10 Å². The van der Waals surface area contributed by atoms with Crippen molar-refractivity contribution in [2.45, 2.75) is 40.0 Å². The van der Waals surface area contributed by atoms with Crippen molar-refractivity contribution in [3.63, 3.8) is 0 Å². The van der Waals surface area contributed by atoms with Gasteiger partial charge in [0.2, 0.25) is 0 Å². The van der Waals surface area contributed by atoms with Gasteiger partial charge in [0, 0.05) is 12.0 Å². The molecule has 0 atom stereocenters. The number of nitrogens with two attached hydrogens (primary N) is 1. The van der Waals surface area contributed by atoms with Crippen LogP contribution in [-0.2, 0) is 5.41 Å². The van der Waals surface area contributed by atoms with E-state index >= 15 is 0 Å². The van der Waals surface area contributed by atoms with E-state index in [4.69, 9.17) is 5.73 Å². The molecule has 0 saturated heterocycles. The van der Waals surface area contributed by atoms with Crippen LogP contribution in [0.5, 0.6) is 0 Å². The third kappa shape index (κ3) is 4.07. The SMILES string of the molecule is CC(C)CNC(=O)Nc1c(C(C)(C)C)nn(-c2ccccc2)c1N. The Bertz CT molecular complexity index is 698. The van der Waals surface area contributed by atoms with Crippen LogP contribution in [0, 0.1) is 5.92 Å². The van der Waals surface area contributed by atoms with Gasteiger partial charge in [-0.25, -0.2) is 9.48 Å². The third-order valence-corrected chi connectivity index (χ3v) is 3.54. The van der Waals surface area contributed by atoms with Crippen molar-refractivity contribution in [1.29, 1.82) is 0 Å². The summed E-state index contributed by atoms with van der Waals surface area (Å²) < 4.78 is 1.67. The first-order valence-electron chi connectivity index (χ1n) is 8.19. The number of aromatic nitrogens is 2. The number of para-hydroxylation sites is 1. The summed E-state index contributed by atoms with van der Waals surface area (Å²) in [5.74, 6) is 0.799. The van der Waals surface area contributed by atoms with Gasteiger partial charge in [-0.15, -0.1) is 0 Å². The van der Waals surface area contributed by atoms with Gasteiger partial charge >= 0.3 is 6.03 Å². The molecule has 0 aliphatic heterocycles. The van der Waals surface area contributed by atoms with Crippen LogP contribution in [-0.4, -0.2) is 22.4 Å². The highest BCUT2D eigenvalue weighted by Crippen LogP contribution is 2.34. The lowest BCUT2D eigenvalue weighted by atomic mass is 9.91. The highest BCUT2D eigenvalue weighted by molar-refractivity contribution is 5.93. The number of hydrogen-bond donors (Lipinski definition) is 3. The second-order valence-corrected chi connectivity index (χ2v) is 7.34. The van der Waals surface area contributed by atoms with Crippen LogP contribution in [0.15, 0.2) is 30.3 Å². The molecule has 0 unspecified atom stereocenters. The van der Waals surface area contributed by atoms with Crippen LogP contribution >= 0.6 is 0 Å². The Kier molecular flexibility index (Phi) is 5.17. The summed E-state index contributed by atoms with van der Waals surface area (Å²) in [6, 6.07) is 9.38. The standard InChI is InChI=1S/C18H27N5O/c1-12(2)11-20-17(24)21-14-15(18(3,4)5)22-23(16(14)19)13-9-7-6-8-10-13/h6-10,12H,11,19H2,1-5H3,(H2,20,21,24). The predicted octanol–water partition coefficient (Wildman–Crippen LogP) is 3.53. The van der Waals surface area contributed by atoms with Crippen molar-refractivity contribution < 1.29 is 4.79 Å². The lowest BCUT2D eigenvalue weighted by molar-refractivity contribution is 0.251. The number of nitrogens with zero attached hydrogens (tertiary/aromatic N) is 2. The van der Waals surface area contributed by atoms with E-state index < -0.39 is 0 Å². The van der Waals surface area contributed by atoms with E-state index in [0.717, 1.165) is 11.4 Å². The molecule has 0 fully saturated rings. The fraction of sp³-hybridized carbons (Fsp3) is 0.444. The van der Waals surface area contributed by atoms with Crippen LogP contribution in [0.2, 0.25) is 0 Å². The minimum Gasteiger partial charge on any atom is -0.382 e. The summed E-state index contributed by atoms with van der Waals surface area (Å²) in [6.07, 6.45) is 0. The zero-order chi connectivity index (χ0) is 17.9. The molecule has 0 aliphatic rings. The highest BCUT2D eigenvalue weighted by Gasteiger charge is 2.27. The first kappa shape index (κ1) is 17.8. The zero-order valence-electron chi connectivity index (χ0n) is 15.1. The van der Waals surface area contributed by atoms with E-state index in [0.29, 0.717) is 24.0 Å². The van der Waals surface area contributed by atoms with Crippen LogP contribution in [0.4, 0.5) is 16.3 Å². The van der Waals surface area contributed by atoms with Crippen molar-refractivity contribution in [1.82, 2.24) is 15.1 Å². The number of urea groups is 1. The van der Waals surface area contributed by atoms with Gasteiger partial charge in [-0.1, -0.05) is 52.8 Å². The molecular formula is C18H27N5O. The number of hydrogen-bond acceptors (Lipinski definition) is 3. The molecule has 0 aliphatic carbocycles. The number of amides is 2. The van der Waals surface area contributed by atoms with Crippen molar-refractivity contribution >= 4 is 17.5 Å². The van der Waals surface area contributed by atoms with Crippen molar-refractivity contribution in [2.24, 2.45) is 5.92 Å². The van der Waals surface area contributed by atoms with Gasteiger partial charge in [-0.3, -0.25) is 0 Å². The maximum atomic E-state index is 12.2. The number of carbonyl (C=O) groups is 1. The van der Waals surface area contributed by atoms with Gasteiger partial charge in [0.25, 0.3) is 0 Å². The lowest BCUT2D eigenvalue weighted by Crippen LogP contribution is -2.32. The molecule has 1 heterocycles. The van der Waals surface area contributed by atoms with Crippen LogP contribution in [0.25, 0.3) is 5.69 Å². The Balaban J connectivity index is 2.38. The molecule has 6 heteroatoms. The van der Waals surface area contributed by atoms with Crippen molar-refractivity contribution in [3.8, 4) is 5.69 Å². The van der Waals surface area contributed by atoms with Crippen LogP contribution in [0.3, 0.4) is 0 Å². The summed E-state index contributed by atoms with van der Waals surface area (Å²) in [4.78, 5) is 12.2. The maximum Gasteiger partial charge on any atom is 0.319 e. The minimum atomic E-state index is -0.270. The molecular weight excluding hydrogens is 302 g/mol. The molecule has 6 nitrogen and oxygen atoms in total. The number of anilines is 2. The number of nitrogens with one attached hydrogen (secondary N) is 2. The summed E-state index contributed by atoms with van der Waals surface area (Å²) in [5.41, 5.74) is 8.21. The number of benzene rings is 1. The molecule has 1 aromatic heterocycles. The molecule has 2 amide bonds. The maximum absolute atomic E-state index is 12.2. The summed E-state index contributed by atoms with van der Waals surface area (Å²) in [6.45, 7) is 10.8. The zero-order valence-corrected chi connectivity index (χ0v) is 15.1. The smallest absolute Gasteiger partial charge is 0.319 e. The topological polar surface area (TPSA) is 85.0 Å². The Morgan fingerprint density at radius 2 is 1.88 bits per heavy atom. The van der Waals surface area contributed by atoms with E-state index in [1.807, 2.05) is 65.0 Å². The first-order valence-corrected chi connectivity index (χ1v) is 8.19. The van der Waals surface area contributed by atoms with Crippen molar-refractivity contribution in [2.75, 3.05) is 17.6 Å². The molecule has 0 radical (unpaired) electrons. The molecule has 0 saturated carbocycles. The summed E-state index contributed by atoms with van der Waals surface area (Å²) in [7, 11) is 0. The monoisotopic (exact) mass is 329 g/mol. The fourth-order valence-corrected chi connectivity index (χ4v) is 2.30. The number of nitrogen functional groups attached to an aromatic ring is 1. The molecule has 4 N–H and O–H groups in total. The molecule has 130 valence electrons. The molecule has 2 rings (SSSR count). The Labute approximate surface area is 143 Å². The van der Waals surface area contributed by atoms with E-state index in [-0.39, 0.29) is 11.4 Å². The molecule has 0 bridgehead atoms.